The van der Waals surface area contributed by atoms with Crippen molar-refractivity contribution in [1.29, 1.82) is 0 Å². The summed E-state index contributed by atoms with van der Waals surface area (Å²) in [5.41, 5.74) is 6.79. The minimum absolute atomic E-state index is 0.000442. The Morgan fingerprint density at radius 1 is 0.737 bits per heavy atom. The number of hydrogen-bond acceptors (Lipinski definition) is 7. The van der Waals surface area contributed by atoms with E-state index in [0.717, 1.165) is 58.8 Å². The highest BCUT2D eigenvalue weighted by Gasteiger charge is 2.41. The smallest absolute Gasteiger partial charge is 0.319 e. The minimum Gasteiger partial charge on any atom is -0.457 e. The molecular weight excluding hydrogens is 713 g/mol. The van der Waals surface area contributed by atoms with Gasteiger partial charge in [-0.25, -0.2) is 4.79 Å². The molecule has 0 aromatic heterocycles. The standard InChI is InChI=1S/C48H54N4O5/c1-34-45(32-52-28-8-11-42(52)31-51-26-5-6-27-51)56-47(57-46(34)38-16-14-35(33-53)15-17-38)39-20-18-37(19-21-39)40-10-7-9-36(29-40)30-49-48(54)50-41-22-24-44(25-23-41)55-43-12-3-2-4-13-43/h2-4,7,9-10,12-25,29,34,42,45-47,53H,5-6,8,11,26-28,30-33H2,1H3,(H2,49,50,54)/t34-,42+,45+,46+,47+/m1/s1. The highest BCUT2D eigenvalue weighted by atomic mass is 16.7. The Morgan fingerprint density at radius 2 is 1.47 bits per heavy atom. The fraction of sp³-hybridized carbons (Fsp3) is 0.354. The summed E-state index contributed by atoms with van der Waals surface area (Å²) in [5, 5.41) is 15.6. The van der Waals surface area contributed by atoms with Crippen molar-refractivity contribution in [3.8, 4) is 22.6 Å². The van der Waals surface area contributed by atoms with Crippen molar-refractivity contribution in [1.82, 2.24) is 15.1 Å². The van der Waals surface area contributed by atoms with Gasteiger partial charge in [0.1, 0.15) is 11.5 Å². The fourth-order valence-corrected chi connectivity index (χ4v) is 8.45. The largest absolute Gasteiger partial charge is 0.457 e. The zero-order valence-electron chi connectivity index (χ0n) is 32.8. The molecule has 0 unspecified atom stereocenters. The second kappa shape index (κ2) is 18.5. The van der Waals surface area contributed by atoms with Crippen LogP contribution in [0.2, 0.25) is 0 Å². The first-order valence-corrected chi connectivity index (χ1v) is 20.5. The first-order valence-electron chi connectivity index (χ1n) is 20.5. The van der Waals surface area contributed by atoms with Crippen molar-refractivity contribution in [2.75, 3.05) is 38.0 Å². The molecule has 57 heavy (non-hydrogen) atoms. The lowest BCUT2D eigenvalue weighted by Gasteiger charge is -2.43. The molecule has 5 aromatic rings. The van der Waals surface area contributed by atoms with Gasteiger partial charge in [-0.2, -0.15) is 0 Å². The molecule has 9 heteroatoms. The van der Waals surface area contributed by atoms with E-state index in [2.05, 4.69) is 75.9 Å². The van der Waals surface area contributed by atoms with E-state index in [0.29, 0.717) is 24.0 Å². The first kappa shape index (κ1) is 38.8. The molecule has 3 aliphatic rings. The third kappa shape index (κ3) is 9.93. The molecular formula is C48H54N4O5. The molecule has 3 fully saturated rings. The third-order valence-electron chi connectivity index (χ3n) is 11.7. The average Bonchev–Trinajstić information content (AvgIpc) is 3.94. The van der Waals surface area contributed by atoms with Crippen molar-refractivity contribution in [2.24, 2.45) is 5.92 Å². The average molecular weight is 767 g/mol. The normalized spacial score (nSPS) is 22.7. The lowest BCUT2D eigenvalue weighted by Crippen LogP contribution is -2.48. The van der Waals surface area contributed by atoms with Gasteiger partial charge >= 0.3 is 6.03 Å². The monoisotopic (exact) mass is 766 g/mol. The Kier molecular flexibility index (Phi) is 12.6. The zero-order chi connectivity index (χ0) is 39.0. The fourth-order valence-electron chi connectivity index (χ4n) is 8.45. The van der Waals surface area contributed by atoms with Crippen LogP contribution in [0.4, 0.5) is 10.5 Å². The number of carbonyl (C=O) groups is 1. The molecule has 3 heterocycles. The number of aliphatic hydroxyl groups is 1. The first-order chi connectivity index (χ1) is 28.0. The Morgan fingerprint density at radius 3 is 2.23 bits per heavy atom. The maximum atomic E-state index is 12.8. The van der Waals surface area contributed by atoms with Gasteiger partial charge in [0.05, 0.1) is 18.8 Å². The Labute approximate surface area is 336 Å². The molecule has 2 amide bonds. The summed E-state index contributed by atoms with van der Waals surface area (Å²) >= 11 is 0. The van der Waals surface area contributed by atoms with Crippen LogP contribution in [0.3, 0.4) is 0 Å². The molecule has 0 spiro atoms. The van der Waals surface area contributed by atoms with E-state index in [9.17, 15) is 9.90 Å². The van der Waals surface area contributed by atoms with Crippen molar-refractivity contribution >= 4 is 11.7 Å². The van der Waals surface area contributed by atoms with Crippen LogP contribution < -0.4 is 15.4 Å². The van der Waals surface area contributed by atoms with Crippen molar-refractivity contribution in [3.63, 3.8) is 0 Å². The topological polar surface area (TPSA) is 95.5 Å². The summed E-state index contributed by atoms with van der Waals surface area (Å²) in [6.07, 6.45) is 4.45. The van der Waals surface area contributed by atoms with Crippen LogP contribution in [0.5, 0.6) is 11.5 Å². The number of anilines is 1. The quantitative estimate of drug-likeness (QED) is 0.110. The predicted octanol–water partition coefficient (Wildman–Crippen LogP) is 9.31. The lowest BCUT2D eigenvalue weighted by molar-refractivity contribution is -0.276. The summed E-state index contributed by atoms with van der Waals surface area (Å²) in [6.45, 7) is 8.25. The molecule has 8 rings (SSSR count). The van der Waals surface area contributed by atoms with Crippen LogP contribution in [0.25, 0.3) is 11.1 Å². The van der Waals surface area contributed by atoms with E-state index in [1.54, 1.807) is 0 Å². The summed E-state index contributed by atoms with van der Waals surface area (Å²) < 4.78 is 19.5. The number of hydrogen-bond donors (Lipinski definition) is 3. The van der Waals surface area contributed by atoms with Crippen LogP contribution in [0.15, 0.2) is 127 Å². The molecule has 296 valence electrons. The number of nitrogens with zero attached hydrogens (tertiary/aromatic N) is 2. The Hall–Kier alpha value is -5.03. The molecule has 3 N–H and O–H groups in total. The number of carbonyl (C=O) groups excluding carboxylic acids is 1. The van der Waals surface area contributed by atoms with Crippen molar-refractivity contribution < 1.29 is 24.1 Å². The van der Waals surface area contributed by atoms with Crippen LogP contribution in [-0.2, 0) is 22.6 Å². The van der Waals surface area contributed by atoms with Crippen molar-refractivity contribution in [3.05, 3.63) is 150 Å². The molecule has 0 radical (unpaired) electrons. The second-order valence-corrected chi connectivity index (χ2v) is 15.7. The third-order valence-corrected chi connectivity index (χ3v) is 11.7. The number of amides is 2. The Bertz CT molecular complexity index is 2040. The molecule has 0 aliphatic carbocycles. The van der Waals surface area contributed by atoms with Crippen molar-refractivity contribution in [2.45, 2.75) is 70.3 Å². The van der Waals surface area contributed by atoms with Crippen LogP contribution in [0.1, 0.15) is 67.3 Å². The van der Waals surface area contributed by atoms with E-state index in [1.807, 2.05) is 78.9 Å². The highest BCUT2D eigenvalue weighted by Crippen LogP contribution is 2.42. The highest BCUT2D eigenvalue weighted by molar-refractivity contribution is 5.89. The molecule has 9 nitrogen and oxygen atoms in total. The number of aliphatic hydroxyl groups excluding tert-OH is 1. The molecule has 5 atom stereocenters. The van der Waals surface area contributed by atoms with Crippen LogP contribution >= 0.6 is 0 Å². The van der Waals surface area contributed by atoms with E-state index >= 15 is 0 Å². The summed E-state index contributed by atoms with van der Waals surface area (Å²) in [6, 6.07) is 42.0. The number of rotatable bonds is 13. The summed E-state index contributed by atoms with van der Waals surface area (Å²) in [7, 11) is 0. The Balaban J connectivity index is 0.909. The van der Waals surface area contributed by atoms with E-state index in [4.69, 9.17) is 14.2 Å². The van der Waals surface area contributed by atoms with Gasteiger partial charge in [-0.1, -0.05) is 91.9 Å². The molecule has 5 aromatic carbocycles. The summed E-state index contributed by atoms with van der Waals surface area (Å²) in [5.74, 6) is 1.60. The molecule has 0 saturated carbocycles. The van der Waals surface area contributed by atoms with E-state index < -0.39 is 6.29 Å². The number of benzene rings is 5. The number of ether oxygens (including phenoxy) is 3. The predicted molar refractivity (Wildman–Crippen MR) is 224 cm³/mol. The van der Waals surface area contributed by atoms with Gasteiger partial charge < -0.3 is 34.9 Å². The van der Waals surface area contributed by atoms with Crippen LogP contribution in [0, 0.1) is 5.92 Å². The number of likely N-dealkylation sites (tertiary alicyclic amines) is 2. The molecule has 3 saturated heterocycles. The zero-order valence-corrected chi connectivity index (χ0v) is 32.8. The van der Waals surface area contributed by atoms with Crippen LogP contribution in [-0.4, -0.2) is 65.8 Å². The summed E-state index contributed by atoms with van der Waals surface area (Å²) in [4.78, 5) is 18.1. The second-order valence-electron chi connectivity index (χ2n) is 15.7. The van der Waals surface area contributed by atoms with E-state index in [-0.39, 0.29) is 30.8 Å². The van der Waals surface area contributed by atoms with Gasteiger partial charge in [0, 0.05) is 42.8 Å². The SMILES string of the molecule is C[C@@H]1[C@H](CN2CCC[C@H]2CN2CCCC2)O[C@H](c2ccc(-c3cccc(CNC(=O)Nc4ccc(Oc5ccccc5)cc4)c3)cc2)O[C@@H]1c1ccc(CO)cc1. The van der Waals surface area contributed by atoms with Gasteiger partial charge in [-0.15, -0.1) is 0 Å². The number of urea groups is 1. The van der Waals surface area contributed by atoms with Gasteiger partial charge in [-0.3, -0.25) is 4.90 Å². The lowest BCUT2D eigenvalue weighted by atomic mass is 9.89. The molecule has 3 aliphatic heterocycles. The maximum Gasteiger partial charge on any atom is 0.319 e. The van der Waals surface area contributed by atoms with Gasteiger partial charge in [0.2, 0.25) is 0 Å². The minimum atomic E-state index is -0.510. The maximum absolute atomic E-state index is 12.8. The van der Waals surface area contributed by atoms with E-state index in [1.165, 1.54) is 38.8 Å². The number of para-hydroxylation sites is 1. The van der Waals surface area contributed by atoms with Gasteiger partial charge in [0.25, 0.3) is 0 Å². The van der Waals surface area contributed by atoms with Gasteiger partial charge in [-0.05, 0) is 116 Å². The number of nitrogens with one attached hydrogen (secondary N) is 2. The van der Waals surface area contributed by atoms with Gasteiger partial charge in [0.15, 0.2) is 6.29 Å². The molecule has 0 bridgehead atoms.